The van der Waals surface area contributed by atoms with Gasteiger partial charge in [-0.2, -0.15) is 0 Å². The third-order valence-corrected chi connectivity index (χ3v) is 4.12. The molecule has 0 spiro atoms. The van der Waals surface area contributed by atoms with Crippen molar-refractivity contribution in [1.29, 1.82) is 0 Å². The van der Waals surface area contributed by atoms with Crippen LogP contribution >= 0.6 is 0 Å². The van der Waals surface area contributed by atoms with E-state index in [1.807, 2.05) is 0 Å². The molecule has 1 aromatic rings. The molecule has 1 aliphatic heterocycles. The minimum absolute atomic E-state index is 0.266. The summed E-state index contributed by atoms with van der Waals surface area (Å²) < 4.78 is 0. The van der Waals surface area contributed by atoms with Crippen LogP contribution in [0.4, 0.5) is 0 Å². The van der Waals surface area contributed by atoms with Gasteiger partial charge < -0.3 is 5.73 Å². The zero-order valence-corrected chi connectivity index (χ0v) is 12.1. The lowest BCUT2D eigenvalue weighted by molar-refractivity contribution is 0.0943. The molecule has 0 amide bonds. The largest absolute Gasteiger partial charge is 0.326 e. The molecule has 0 bridgehead atoms. The molecule has 0 aromatic heterocycles. The SMILES string of the molecule is Cc1ccc(C2C(N)CCCN2C(C)C)c(C)c1. The highest BCUT2D eigenvalue weighted by atomic mass is 15.2. The van der Waals surface area contributed by atoms with Crippen LogP contribution in [-0.4, -0.2) is 23.5 Å². The molecule has 100 valence electrons. The molecule has 2 nitrogen and oxygen atoms in total. The third kappa shape index (κ3) is 2.60. The number of nitrogens with two attached hydrogens (primary N) is 1. The summed E-state index contributed by atoms with van der Waals surface area (Å²) in [6, 6.07) is 7.97. The molecule has 1 aromatic carbocycles. The zero-order chi connectivity index (χ0) is 13.3. The van der Waals surface area contributed by atoms with Gasteiger partial charge in [0.1, 0.15) is 0 Å². The number of nitrogens with zero attached hydrogens (tertiary/aromatic N) is 1. The average molecular weight is 246 g/mol. The van der Waals surface area contributed by atoms with E-state index in [-0.39, 0.29) is 6.04 Å². The Balaban J connectivity index is 2.37. The monoisotopic (exact) mass is 246 g/mol. The highest BCUT2D eigenvalue weighted by Crippen LogP contribution is 2.33. The van der Waals surface area contributed by atoms with Gasteiger partial charge in [-0.1, -0.05) is 23.8 Å². The maximum atomic E-state index is 6.40. The Morgan fingerprint density at radius 2 is 2.00 bits per heavy atom. The van der Waals surface area contributed by atoms with E-state index in [0.29, 0.717) is 12.1 Å². The van der Waals surface area contributed by atoms with E-state index in [0.717, 1.165) is 6.42 Å². The molecule has 2 atom stereocenters. The normalized spacial score (nSPS) is 25.7. The molecular weight excluding hydrogens is 220 g/mol. The molecule has 18 heavy (non-hydrogen) atoms. The smallest absolute Gasteiger partial charge is 0.0504 e. The van der Waals surface area contributed by atoms with Crippen molar-refractivity contribution in [3.63, 3.8) is 0 Å². The average Bonchev–Trinajstić information content (AvgIpc) is 2.29. The van der Waals surface area contributed by atoms with Gasteiger partial charge in [0.25, 0.3) is 0 Å². The highest BCUT2D eigenvalue weighted by Gasteiger charge is 2.32. The first-order chi connectivity index (χ1) is 8.50. The Labute approximate surface area is 111 Å². The van der Waals surface area contributed by atoms with Crippen LogP contribution in [0, 0.1) is 13.8 Å². The van der Waals surface area contributed by atoms with E-state index in [2.05, 4.69) is 50.8 Å². The second-order valence-corrected chi connectivity index (χ2v) is 5.94. The van der Waals surface area contributed by atoms with Crippen molar-refractivity contribution in [3.05, 3.63) is 34.9 Å². The lowest BCUT2D eigenvalue weighted by Crippen LogP contribution is -2.48. The predicted octanol–water partition coefficient (Wildman–Crippen LogP) is 3.18. The molecule has 0 radical (unpaired) electrons. The second kappa shape index (κ2) is 5.41. The molecule has 2 heteroatoms. The minimum Gasteiger partial charge on any atom is -0.326 e. The van der Waals surface area contributed by atoms with Crippen LogP contribution in [0.2, 0.25) is 0 Å². The summed E-state index contributed by atoms with van der Waals surface area (Å²) in [7, 11) is 0. The number of rotatable bonds is 2. The Morgan fingerprint density at radius 1 is 1.28 bits per heavy atom. The van der Waals surface area contributed by atoms with E-state index in [1.54, 1.807) is 0 Å². The molecule has 1 aliphatic rings. The molecule has 2 rings (SSSR count). The van der Waals surface area contributed by atoms with Crippen molar-refractivity contribution < 1.29 is 0 Å². The van der Waals surface area contributed by atoms with Crippen molar-refractivity contribution in [1.82, 2.24) is 4.90 Å². The van der Waals surface area contributed by atoms with Crippen molar-refractivity contribution in [2.45, 2.75) is 58.7 Å². The summed E-state index contributed by atoms with van der Waals surface area (Å²) in [6.45, 7) is 10.1. The van der Waals surface area contributed by atoms with Gasteiger partial charge in [-0.05, 0) is 58.2 Å². The number of piperidine rings is 1. The molecule has 0 saturated carbocycles. The van der Waals surface area contributed by atoms with E-state index in [9.17, 15) is 0 Å². The van der Waals surface area contributed by atoms with Crippen molar-refractivity contribution >= 4 is 0 Å². The maximum Gasteiger partial charge on any atom is 0.0504 e. The zero-order valence-electron chi connectivity index (χ0n) is 12.1. The lowest BCUT2D eigenvalue weighted by Gasteiger charge is -2.43. The van der Waals surface area contributed by atoms with Crippen molar-refractivity contribution in [2.75, 3.05) is 6.54 Å². The third-order valence-electron chi connectivity index (χ3n) is 4.12. The van der Waals surface area contributed by atoms with Crippen LogP contribution in [-0.2, 0) is 0 Å². The van der Waals surface area contributed by atoms with Gasteiger partial charge in [0.05, 0.1) is 6.04 Å². The van der Waals surface area contributed by atoms with Gasteiger partial charge in [-0.25, -0.2) is 0 Å². The number of likely N-dealkylation sites (tertiary alicyclic amines) is 1. The summed E-state index contributed by atoms with van der Waals surface area (Å²) in [5, 5.41) is 0. The topological polar surface area (TPSA) is 29.3 Å². The molecule has 2 N–H and O–H groups in total. The number of aryl methyl sites for hydroxylation is 2. The summed E-state index contributed by atoms with van der Waals surface area (Å²) in [5.41, 5.74) is 10.5. The predicted molar refractivity (Wildman–Crippen MR) is 77.7 cm³/mol. The Hall–Kier alpha value is -0.860. The summed E-state index contributed by atoms with van der Waals surface area (Å²) in [6.07, 6.45) is 2.36. The second-order valence-electron chi connectivity index (χ2n) is 5.94. The molecule has 2 unspecified atom stereocenters. The van der Waals surface area contributed by atoms with Crippen LogP contribution in [0.5, 0.6) is 0 Å². The van der Waals surface area contributed by atoms with Crippen LogP contribution < -0.4 is 5.73 Å². The number of hydrogen-bond acceptors (Lipinski definition) is 2. The molecule has 1 saturated heterocycles. The van der Waals surface area contributed by atoms with Gasteiger partial charge in [0.2, 0.25) is 0 Å². The fraction of sp³-hybridized carbons (Fsp3) is 0.625. The first-order valence-corrected chi connectivity index (χ1v) is 7.09. The maximum absolute atomic E-state index is 6.40. The van der Waals surface area contributed by atoms with E-state index < -0.39 is 0 Å². The van der Waals surface area contributed by atoms with Crippen molar-refractivity contribution in [3.8, 4) is 0 Å². The first kappa shape index (κ1) is 13.6. The number of benzene rings is 1. The van der Waals surface area contributed by atoms with E-state index >= 15 is 0 Å². The fourth-order valence-electron chi connectivity index (χ4n) is 3.20. The van der Waals surface area contributed by atoms with Crippen molar-refractivity contribution in [2.24, 2.45) is 5.73 Å². The number of hydrogen-bond donors (Lipinski definition) is 1. The fourth-order valence-corrected chi connectivity index (χ4v) is 3.20. The highest BCUT2D eigenvalue weighted by molar-refractivity contribution is 5.34. The summed E-state index contributed by atoms with van der Waals surface area (Å²) >= 11 is 0. The molecule has 1 fully saturated rings. The van der Waals surface area contributed by atoms with Crippen LogP contribution in [0.15, 0.2) is 18.2 Å². The van der Waals surface area contributed by atoms with E-state index in [4.69, 9.17) is 5.73 Å². The van der Waals surface area contributed by atoms with Crippen LogP contribution in [0.1, 0.15) is 49.4 Å². The Kier molecular flexibility index (Phi) is 4.08. The molecule has 1 heterocycles. The Bertz CT molecular complexity index is 412. The lowest BCUT2D eigenvalue weighted by atomic mass is 9.87. The van der Waals surface area contributed by atoms with Gasteiger partial charge in [-0.15, -0.1) is 0 Å². The standard InChI is InChI=1S/C16H26N2/c1-11(2)18-9-5-6-15(17)16(18)14-8-7-12(3)10-13(14)4/h7-8,10-11,15-16H,5-6,9,17H2,1-4H3. The van der Waals surface area contributed by atoms with E-state index in [1.165, 1.54) is 29.7 Å². The summed E-state index contributed by atoms with van der Waals surface area (Å²) in [4.78, 5) is 2.56. The van der Waals surface area contributed by atoms with Gasteiger partial charge in [0.15, 0.2) is 0 Å². The first-order valence-electron chi connectivity index (χ1n) is 7.09. The quantitative estimate of drug-likeness (QED) is 0.868. The van der Waals surface area contributed by atoms with Crippen LogP contribution in [0.3, 0.4) is 0 Å². The molecular formula is C16H26N2. The van der Waals surface area contributed by atoms with Crippen LogP contribution in [0.25, 0.3) is 0 Å². The van der Waals surface area contributed by atoms with Gasteiger partial charge in [-0.3, -0.25) is 4.90 Å². The minimum atomic E-state index is 0.266. The van der Waals surface area contributed by atoms with Gasteiger partial charge >= 0.3 is 0 Å². The summed E-state index contributed by atoms with van der Waals surface area (Å²) in [5.74, 6) is 0. The van der Waals surface area contributed by atoms with Gasteiger partial charge in [0, 0.05) is 12.1 Å². The molecule has 0 aliphatic carbocycles. The Morgan fingerprint density at radius 3 is 2.61 bits per heavy atom.